The van der Waals surface area contributed by atoms with E-state index in [-0.39, 0.29) is 0 Å². The minimum Gasteiger partial charge on any atom is -0.497 e. The summed E-state index contributed by atoms with van der Waals surface area (Å²) in [6.07, 6.45) is 2.33. The van der Waals surface area contributed by atoms with Crippen molar-refractivity contribution in [1.29, 1.82) is 0 Å². The van der Waals surface area contributed by atoms with Crippen LogP contribution < -0.4 is 14.8 Å². The minimum absolute atomic E-state index is 0.717. The smallest absolute Gasteiger partial charge is 0.137 e. The van der Waals surface area contributed by atoms with Crippen LogP contribution in [0, 0.1) is 0 Å². The second kappa shape index (κ2) is 6.75. The van der Waals surface area contributed by atoms with Crippen molar-refractivity contribution in [2.24, 2.45) is 0 Å². The Morgan fingerprint density at radius 1 is 1.26 bits per heavy atom. The molecule has 0 aliphatic carbocycles. The Hall–Kier alpha value is -2.08. The van der Waals surface area contributed by atoms with Crippen LogP contribution in [0.25, 0.3) is 0 Å². The molecule has 1 heterocycles. The van der Waals surface area contributed by atoms with E-state index in [1.54, 1.807) is 14.2 Å². The van der Waals surface area contributed by atoms with Gasteiger partial charge in [0.05, 0.1) is 14.2 Å². The number of rotatable bonds is 7. The standard InChI is InChI=1S/C13H18N4O2/c1-18-11-3-4-12(19-2)10(7-11)8-14-6-5-13-15-9-16-17-13/h3-4,7,9,14H,5-6,8H2,1-2H3,(H,15,16,17). The number of H-pyrrole nitrogens is 1. The van der Waals surface area contributed by atoms with Gasteiger partial charge in [0.25, 0.3) is 0 Å². The lowest BCUT2D eigenvalue weighted by atomic mass is 10.2. The third-order valence-corrected chi connectivity index (χ3v) is 2.81. The SMILES string of the molecule is COc1ccc(OC)c(CNCCc2ncn[nH]2)c1. The fourth-order valence-electron chi connectivity index (χ4n) is 1.80. The lowest BCUT2D eigenvalue weighted by Gasteiger charge is -2.11. The third kappa shape index (κ3) is 3.69. The van der Waals surface area contributed by atoms with Crippen LogP contribution in [0.2, 0.25) is 0 Å². The second-order valence-corrected chi connectivity index (χ2v) is 4.04. The average Bonchev–Trinajstić information content (AvgIpc) is 2.96. The lowest BCUT2D eigenvalue weighted by molar-refractivity contribution is 0.397. The first-order valence-corrected chi connectivity index (χ1v) is 6.09. The van der Waals surface area contributed by atoms with E-state index in [0.29, 0.717) is 6.54 Å². The summed E-state index contributed by atoms with van der Waals surface area (Å²) >= 11 is 0. The maximum atomic E-state index is 5.32. The van der Waals surface area contributed by atoms with Crippen molar-refractivity contribution in [3.8, 4) is 11.5 Å². The molecule has 1 aromatic heterocycles. The summed E-state index contributed by atoms with van der Waals surface area (Å²) in [5, 5.41) is 9.98. The van der Waals surface area contributed by atoms with E-state index in [9.17, 15) is 0 Å². The maximum Gasteiger partial charge on any atom is 0.137 e. The Kier molecular flexibility index (Phi) is 4.74. The highest BCUT2D eigenvalue weighted by Crippen LogP contribution is 2.23. The molecule has 19 heavy (non-hydrogen) atoms. The molecule has 0 fully saturated rings. The summed E-state index contributed by atoms with van der Waals surface area (Å²) in [5.74, 6) is 2.56. The largest absolute Gasteiger partial charge is 0.497 e. The Bertz CT molecular complexity index is 499. The van der Waals surface area contributed by atoms with Gasteiger partial charge in [0, 0.05) is 25.1 Å². The van der Waals surface area contributed by atoms with E-state index < -0.39 is 0 Å². The van der Waals surface area contributed by atoms with Crippen molar-refractivity contribution in [2.45, 2.75) is 13.0 Å². The fourth-order valence-corrected chi connectivity index (χ4v) is 1.80. The van der Waals surface area contributed by atoms with Crippen LogP contribution in [0.15, 0.2) is 24.5 Å². The molecule has 0 aliphatic heterocycles. The molecule has 0 bridgehead atoms. The minimum atomic E-state index is 0.717. The summed E-state index contributed by atoms with van der Waals surface area (Å²) in [7, 11) is 3.32. The first kappa shape index (κ1) is 13.4. The third-order valence-electron chi connectivity index (χ3n) is 2.81. The predicted molar refractivity (Wildman–Crippen MR) is 71.3 cm³/mol. The van der Waals surface area contributed by atoms with Crippen LogP contribution in [-0.2, 0) is 13.0 Å². The molecule has 0 amide bonds. The molecule has 1 aromatic carbocycles. The molecule has 0 saturated heterocycles. The van der Waals surface area contributed by atoms with Gasteiger partial charge in [0.15, 0.2) is 0 Å². The van der Waals surface area contributed by atoms with Crippen molar-refractivity contribution in [3.05, 3.63) is 35.9 Å². The summed E-state index contributed by atoms with van der Waals surface area (Å²) in [6, 6.07) is 5.77. The fraction of sp³-hybridized carbons (Fsp3) is 0.385. The second-order valence-electron chi connectivity index (χ2n) is 4.04. The number of nitrogens with zero attached hydrogens (tertiary/aromatic N) is 2. The number of hydrogen-bond donors (Lipinski definition) is 2. The van der Waals surface area contributed by atoms with Crippen molar-refractivity contribution in [2.75, 3.05) is 20.8 Å². The van der Waals surface area contributed by atoms with Gasteiger partial charge in [-0.2, -0.15) is 5.10 Å². The first-order chi connectivity index (χ1) is 9.33. The van der Waals surface area contributed by atoms with Crippen molar-refractivity contribution < 1.29 is 9.47 Å². The van der Waals surface area contributed by atoms with Gasteiger partial charge in [-0.25, -0.2) is 4.98 Å². The Labute approximate surface area is 112 Å². The molecule has 0 saturated carbocycles. The molecule has 0 unspecified atom stereocenters. The molecular formula is C13H18N4O2. The molecule has 2 aromatic rings. The zero-order valence-corrected chi connectivity index (χ0v) is 11.1. The number of ether oxygens (including phenoxy) is 2. The molecule has 0 atom stereocenters. The van der Waals surface area contributed by atoms with Crippen LogP contribution in [0.4, 0.5) is 0 Å². The topological polar surface area (TPSA) is 72.1 Å². The monoisotopic (exact) mass is 262 g/mol. The van der Waals surface area contributed by atoms with E-state index in [0.717, 1.165) is 35.9 Å². The molecule has 6 heteroatoms. The van der Waals surface area contributed by atoms with E-state index in [2.05, 4.69) is 20.5 Å². The number of aromatic amines is 1. The first-order valence-electron chi connectivity index (χ1n) is 6.09. The zero-order valence-electron chi connectivity index (χ0n) is 11.1. The Balaban J connectivity index is 1.87. The number of benzene rings is 1. The number of methoxy groups -OCH3 is 2. The van der Waals surface area contributed by atoms with Crippen LogP contribution in [0.1, 0.15) is 11.4 Å². The van der Waals surface area contributed by atoms with Crippen molar-refractivity contribution >= 4 is 0 Å². The molecule has 2 N–H and O–H groups in total. The van der Waals surface area contributed by atoms with E-state index in [4.69, 9.17) is 9.47 Å². The normalized spacial score (nSPS) is 10.4. The Morgan fingerprint density at radius 2 is 2.16 bits per heavy atom. The Morgan fingerprint density at radius 3 is 2.84 bits per heavy atom. The van der Waals surface area contributed by atoms with Crippen molar-refractivity contribution in [1.82, 2.24) is 20.5 Å². The molecule has 0 radical (unpaired) electrons. The van der Waals surface area contributed by atoms with Gasteiger partial charge >= 0.3 is 0 Å². The molecule has 2 rings (SSSR count). The van der Waals surface area contributed by atoms with Gasteiger partial charge < -0.3 is 14.8 Å². The van der Waals surface area contributed by atoms with Gasteiger partial charge in [-0.15, -0.1) is 0 Å². The summed E-state index contributed by atoms with van der Waals surface area (Å²) in [4.78, 5) is 4.07. The lowest BCUT2D eigenvalue weighted by Crippen LogP contribution is -2.17. The van der Waals surface area contributed by atoms with E-state index >= 15 is 0 Å². The highest BCUT2D eigenvalue weighted by molar-refractivity contribution is 5.40. The molecule has 102 valence electrons. The van der Waals surface area contributed by atoms with Gasteiger partial charge in [-0.05, 0) is 18.2 Å². The quantitative estimate of drug-likeness (QED) is 0.732. The van der Waals surface area contributed by atoms with Gasteiger partial charge in [0.2, 0.25) is 0 Å². The highest BCUT2D eigenvalue weighted by Gasteiger charge is 2.04. The van der Waals surface area contributed by atoms with Gasteiger partial charge in [-0.1, -0.05) is 0 Å². The maximum absolute atomic E-state index is 5.32. The molecule has 0 aliphatic rings. The van der Waals surface area contributed by atoms with Crippen LogP contribution in [0.3, 0.4) is 0 Å². The van der Waals surface area contributed by atoms with Crippen molar-refractivity contribution in [3.63, 3.8) is 0 Å². The predicted octanol–water partition coefficient (Wildman–Crippen LogP) is 1.15. The van der Waals surface area contributed by atoms with Gasteiger partial charge in [-0.3, -0.25) is 5.10 Å². The van der Waals surface area contributed by atoms with Gasteiger partial charge in [0.1, 0.15) is 23.7 Å². The number of aromatic nitrogens is 3. The average molecular weight is 262 g/mol. The van der Waals surface area contributed by atoms with E-state index in [1.165, 1.54) is 6.33 Å². The van der Waals surface area contributed by atoms with Crippen LogP contribution >= 0.6 is 0 Å². The van der Waals surface area contributed by atoms with E-state index in [1.807, 2.05) is 18.2 Å². The molecule has 6 nitrogen and oxygen atoms in total. The summed E-state index contributed by atoms with van der Waals surface area (Å²) in [6.45, 7) is 1.53. The molecule has 0 spiro atoms. The summed E-state index contributed by atoms with van der Waals surface area (Å²) < 4.78 is 10.5. The zero-order chi connectivity index (χ0) is 13.5. The van der Waals surface area contributed by atoms with Crippen LogP contribution in [0.5, 0.6) is 11.5 Å². The summed E-state index contributed by atoms with van der Waals surface area (Å²) in [5.41, 5.74) is 1.07. The number of nitrogens with one attached hydrogen (secondary N) is 2. The van der Waals surface area contributed by atoms with Crippen LogP contribution in [-0.4, -0.2) is 35.9 Å². The highest BCUT2D eigenvalue weighted by atomic mass is 16.5. The molecular weight excluding hydrogens is 244 g/mol. The number of hydrogen-bond acceptors (Lipinski definition) is 5.